The highest BCUT2D eigenvalue weighted by atomic mass is 16.5. The van der Waals surface area contributed by atoms with Crippen LogP contribution in [0.15, 0.2) is 35.9 Å². The number of rotatable bonds is 2. The Balaban J connectivity index is 2.28. The summed E-state index contributed by atoms with van der Waals surface area (Å²) in [6.45, 7) is 0. The summed E-state index contributed by atoms with van der Waals surface area (Å²) in [5.41, 5.74) is -0.259. The second-order valence-electron chi connectivity index (χ2n) is 5.03. The van der Waals surface area contributed by atoms with Crippen molar-refractivity contribution in [2.75, 3.05) is 26.1 Å². The normalized spacial score (nSPS) is 24.7. The van der Waals surface area contributed by atoms with Gasteiger partial charge in [0, 0.05) is 32.8 Å². The first-order valence-corrected chi connectivity index (χ1v) is 6.42. The number of methoxy groups -OCH3 is 1. The molecule has 2 aliphatic heterocycles. The van der Waals surface area contributed by atoms with E-state index in [1.807, 2.05) is 0 Å². The van der Waals surface area contributed by atoms with E-state index in [2.05, 4.69) is 0 Å². The quantitative estimate of drug-likeness (QED) is 0.739. The van der Waals surface area contributed by atoms with Crippen molar-refractivity contribution in [2.24, 2.45) is 0 Å². The zero-order chi connectivity index (χ0) is 15.4. The highest BCUT2D eigenvalue weighted by Crippen LogP contribution is 2.47. The molecule has 0 fully saturated rings. The van der Waals surface area contributed by atoms with Gasteiger partial charge in [0.2, 0.25) is 5.60 Å². The van der Waals surface area contributed by atoms with Gasteiger partial charge in [-0.25, -0.2) is 0 Å². The molecule has 108 valence electrons. The van der Waals surface area contributed by atoms with Gasteiger partial charge in [0.25, 0.3) is 17.7 Å². The van der Waals surface area contributed by atoms with E-state index in [1.165, 1.54) is 25.1 Å². The summed E-state index contributed by atoms with van der Waals surface area (Å²) in [4.78, 5) is 39.2. The molecule has 0 spiro atoms. The van der Waals surface area contributed by atoms with E-state index < -0.39 is 17.4 Å². The standard InChI is InChI=1S/C15H14N2O4/c1-16-11-7-5-4-6-9(11)15(21-3,14(16)20)10-8-12(18)17(2)13(10)19/h4-8H,1-3H3. The second-order valence-corrected chi connectivity index (χ2v) is 5.03. The van der Waals surface area contributed by atoms with Crippen molar-refractivity contribution in [3.63, 3.8) is 0 Å². The first-order chi connectivity index (χ1) is 9.95. The number of benzene rings is 1. The van der Waals surface area contributed by atoms with Crippen LogP contribution in [0.5, 0.6) is 0 Å². The lowest BCUT2D eigenvalue weighted by Gasteiger charge is -2.27. The summed E-state index contributed by atoms with van der Waals surface area (Å²) in [6, 6.07) is 7.08. The van der Waals surface area contributed by atoms with Gasteiger partial charge in [0.1, 0.15) is 0 Å². The summed E-state index contributed by atoms with van der Waals surface area (Å²) in [5, 5.41) is 0. The maximum absolute atomic E-state index is 12.7. The Hall–Kier alpha value is -2.47. The van der Waals surface area contributed by atoms with Crippen LogP contribution in [-0.4, -0.2) is 43.8 Å². The Labute approximate surface area is 121 Å². The molecular formula is C15H14N2O4. The molecule has 2 aliphatic rings. The minimum absolute atomic E-state index is 0.0549. The number of carbonyl (C=O) groups excluding carboxylic acids is 3. The van der Waals surface area contributed by atoms with Gasteiger partial charge in [-0.1, -0.05) is 18.2 Å². The summed E-state index contributed by atoms with van der Waals surface area (Å²) < 4.78 is 5.50. The van der Waals surface area contributed by atoms with Crippen molar-refractivity contribution in [1.29, 1.82) is 0 Å². The highest BCUT2D eigenvalue weighted by molar-refractivity contribution is 6.23. The summed E-state index contributed by atoms with van der Waals surface area (Å²) in [6.07, 6.45) is 1.18. The van der Waals surface area contributed by atoms with Gasteiger partial charge in [-0.15, -0.1) is 0 Å². The van der Waals surface area contributed by atoms with Crippen molar-refractivity contribution in [3.05, 3.63) is 41.5 Å². The average molecular weight is 286 g/mol. The molecular weight excluding hydrogens is 272 g/mol. The number of ether oxygens (including phenoxy) is 1. The molecule has 6 nitrogen and oxygen atoms in total. The zero-order valence-electron chi connectivity index (χ0n) is 11.9. The lowest BCUT2D eigenvalue weighted by Crippen LogP contribution is -2.44. The number of nitrogens with zero attached hydrogens (tertiary/aromatic N) is 2. The lowest BCUT2D eigenvalue weighted by molar-refractivity contribution is -0.142. The molecule has 1 aromatic rings. The molecule has 1 aromatic carbocycles. The molecule has 1 unspecified atom stereocenters. The van der Waals surface area contributed by atoms with Crippen LogP contribution in [0.25, 0.3) is 0 Å². The second kappa shape index (κ2) is 4.26. The zero-order valence-corrected chi connectivity index (χ0v) is 11.9. The Morgan fingerprint density at radius 1 is 1.05 bits per heavy atom. The summed E-state index contributed by atoms with van der Waals surface area (Å²) in [5.74, 6) is -1.35. The Morgan fingerprint density at radius 3 is 2.29 bits per heavy atom. The SMILES string of the molecule is COC1(C2=CC(=O)N(C)C2=O)C(=O)N(C)c2ccccc21. The molecule has 0 saturated heterocycles. The van der Waals surface area contributed by atoms with E-state index in [4.69, 9.17) is 4.74 Å². The molecule has 6 heteroatoms. The minimum atomic E-state index is -1.55. The van der Waals surface area contributed by atoms with E-state index in [-0.39, 0.29) is 11.5 Å². The van der Waals surface area contributed by atoms with Crippen LogP contribution in [0.2, 0.25) is 0 Å². The number of likely N-dealkylation sites (N-methyl/N-ethyl adjacent to an activating group) is 2. The number of hydrogen-bond acceptors (Lipinski definition) is 4. The van der Waals surface area contributed by atoms with Crippen molar-refractivity contribution >= 4 is 23.4 Å². The third-order valence-electron chi connectivity index (χ3n) is 4.07. The largest absolute Gasteiger partial charge is 0.359 e. The number of fused-ring (bicyclic) bond motifs is 1. The molecule has 1 atom stereocenters. The fraction of sp³-hybridized carbons (Fsp3) is 0.267. The molecule has 21 heavy (non-hydrogen) atoms. The Bertz CT molecular complexity index is 709. The minimum Gasteiger partial charge on any atom is -0.359 e. The van der Waals surface area contributed by atoms with Crippen LogP contribution in [0.1, 0.15) is 5.56 Å². The number of imide groups is 1. The van der Waals surface area contributed by atoms with Crippen molar-refractivity contribution in [3.8, 4) is 0 Å². The van der Waals surface area contributed by atoms with Gasteiger partial charge >= 0.3 is 0 Å². The number of hydrogen-bond donors (Lipinski definition) is 0. The van der Waals surface area contributed by atoms with Crippen LogP contribution in [0.3, 0.4) is 0 Å². The predicted octanol–water partition coefficient (Wildman–Crippen LogP) is 0.430. The topological polar surface area (TPSA) is 66.9 Å². The van der Waals surface area contributed by atoms with Crippen LogP contribution in [0, 0.1) is 0 Å². The van der Waals surface area contributed by atoms with E-state index in [1.54, 1.807) is 31.3 Å². The third-order valence-corrected chi connectivity index (χ3v) is 4.07. The number of amides is 3. The molecule has 3 amide bonds. The van der Waals surface area contributed by atoms with Gasteiger partial charge in [-0.3, -0.25) is 19.3 Å². The van der Waals surface area contributed by atoms with Crippen molar-refractivity contribution in [1.82, 2.24) is 4.90 Å². The van der Waals surface area contributed by atoms with Crippen LogP contribution >= 0.6 is 0 Å². The molecule has 0 radical (unpaired) electrons. The van der Waals surface area contributed by atoms with Crippen LogP contribution in [-0.2, 0) is 24.7 Å². The van der Waals surface area contributed by atoms with Gasteiger partial charge in [-0.2, -0.15) is 0 Å². The monoisotopic (exact) mass is 286 g/mol. The number of anilines is 1. The molecule has 0 bridgehead atoms. The number of carbonyl (C=O) groups is 3. The number of para-hydroxylation sites is 1. The predicted molar refractivity (Wildman–Crippen MR) is 74.4 cm³/mol. The third kappa shape index (κ3) is 1.48. The molecule has 3 rings (SSSR count). The van der Waals surface area contributed by atoms with Crippen molar-refractivity contribution in [2.45, 2.75) is 5.60 Å². The maximum Gasteiger partial charge on any atom is 0.268 e. The van der Waals surface area contributed by atoms with Gasteiger partial charge in [0.15, 0.2) is 0 Å². The fourth-order valence-electron chi connectivity index (χ4n) is 2.91. The van der Waals surface area contributed by atoms with Gasteiger partial charge < -0.3 is 9.64 Å². The van der Waals surface area contributed by atoms with E-state index in [0.717, 1.165) is 4.90 Å². The summed E-state index contributed by atoms with van der Waals surface area (Å²) in [7, 11) is 4.37. The van der Waals surface area contributed by atoms with Gasteiger partial charge in [-0.05, 0) is 6.07 Å². The van der Waals surface area contributed by atoms with E-state index in [0.29, 0.717) is 11.3 Å². The molecule has 0 aliphatic carbocycles. The lowest BCUT2D eigenvalue weighted by atomic mass is 9.86. The van der Waals surface area contributed by atoms with Gasteiger partial charge in [0.05, 0.1) is 11.3 Å². The molecule has 2 heterocycles. The fourth-order valence-corrected chi connectivity index (χ4v) is 2.91. The van der Waals surface area contributed by atoms with E-state index in [9.17, 15) is 14.4 Å². The Kier molecular flexibility index (Phi) is 2.74. The molecule has 0 saturated carbocycles. The average Bonchev–Trinajstić information content (AvgIpc) is 2.88. The molecule has 0 N–H and O–H groups in total. The van der Waals surface area contributed by atoms with E-state index >= 15 is 0 Å². The maximum atomic E-state index is 12.7. The van der Waals surface area contributed by atoms with Crippen LogP contribution < -0.4 is 4.90 Å². The molecule has 0 aromatic heterocycles. The smallest absolute Gasteiger partial charge is 0.268 e. The summed E-state index contributed by atoms with van der Waals surface area (Å²) >= 11 is 0. The van der Waals surface area contributed by atoms with Crippen molar-refractivity contribution < 1.29 is 19.1 Å². The first kappa shape index (κ1) is 13.5. The Morgan fingerprint density at radius 2 is 1.71 bits per heavy atom. The first-order valence-electron chi connectivity index (χ1n) is 6.42. The highest BCUT2D eigenvalue weighted by Gasteiger charge is 2.57. The van der Waals surface area contributed by atoms with Crippen LogP contribution in [0.4, 0.5) is 5.69 Å².